The fourth-order valence-electron chi connectivity index (χ4n) is 1.51. The Morgan fingerprint density at radius 1 is 1.29 bits per heavy atom. The van der Waals surface area contributed by atoms with Crippen molar-refractivity contribution < 1.29 is 4.79 Å². The molecule has 0 unspecified atom stereocenters. The number of aromatic nitrogens is 3. The Labute approximate surface area is 99.5 Å². The molecule has 88 valence electrons. The van der Waals surface area contributed by atoms with Crippen LogP contribution in [0, 0.1) is 0 Å². The number of nitrogens with one attached hydrogen (secondary N) is 1. The molecule has 0 bridgehead atoms. The molecule has 0 aliphatic heterocycles. The van der Waals surface area contributed by atoms with Crippen LogP contribution in [-0.2, 0) is 17.8 Å². The van der Waals surface area contributed by atoms with Crippen LogP contribution in [0.5, 0.6) is 0 Å². The molecule has 0 aliphatic rings. The molecule has 0 radical (unpaired) electrons. The predicted octanol–water partition coefficient (Wildman–Crippen LogP) is 0.637. The first-order valence-corrected chi connectivity index (χ1v) is 5.47. The van der Waals surface area contributed by atoms with Gasteiger partial charge in [-0.25, -0.2) is 9.67 Å². The maximum atomic E-state index is 11.5. The summed E-state index contributed by atoms with van der Waals surface area (Å²) in [5.74, 6) is -0.0496. The number of hydrogen-bond donors (Lipinski definition) is 1. The zero-order valence-electron chi connectivity index (χ0n) is 9.41. The van der Waals surface area contributed by atoms with Crippen LogP contribution >= 0.6 is 0 Å². The van der Waals surface area contributed by atoms with Crippen LogP contribution in [0.3, 0.4) is 0 Å². The zero-order valence-corrected chi connectivity index (χ0v) is 9.41. The lowest BCUT2D eigenvalue weighted by Crippen LogP contribution is -2.29. The van der Waals surface area contributed by atoms with Gasteiger partial charge in [0, 0.05) is 6.54 Å². The van der Waals surface area contributed by atoms with Gasteiger partial charge < -0.3 is 5.32 Å². The maximum Gasteiger partial charge on any atom is 0.241 e. The van der Waals surface area contributed by atoms with Crippen LogP contribution in [0.4, 0.5) is 0 Å². The van der Waals surface area contributed by atoms with Gasteiger partial charge in [0.05, 0.1) is 0 Å². The van der Waals surface area contributed by atoms with E-state index in [0.717, 1.165) is 6.42 Å². The molecule has 0 aliphatic carbocycles. The minimum atomic E-state index is -0.0496. The third kappa shape index (κ3) is 3.71. The summed E-state index contributed by atoms with van der Waals surface area (Å²) in [6, 6.07) is 10.1. The van der Waals surface area contributed by atoms with Gasteiger partial charge in [0.2, 0.25) is 5.91 Å². The monoisotopic (exact) mass is 230 g/mol. The van der Waals surface area contributed by atoms with Gasteiger partial charge in [-0.3, -0.25) is 4.79 Å². The van der Waals surface area contributed by atoms with Crippen molar-refractivity contribution in [1.29, 1.82) is 0 Å². The lowest BCUT2D eigenvalue weighted by molar-refractivity contribution is -0.121. The van der Waals surface area contributed by atoms with E-state index in [1.807, 2.05) is 30.3 Å². The first-order chi connectivity index (χ1) is 8.34. The van der Waals surface area contributed by atoms with Crippen molar-refractivity contribution in [3.8, 4) is 0 Å². The van der Waals surface area contributed by atoms with E-state index in [0.29, 0.717) is 6.54 Å². The number of nitrogens with zero attached hydrogens (tertiary/aromatic N) is 3. The third-order valence-electron chi connectivity index (χ3n) is 2.35. The van der Waals surface area contributed by atoms with Crippen LogP contribution in [0.1, 0.15) is 5.56 Å². The molecule has 0 spiro atoms. The number of hydrogen-bond acceptors (Lipinski definition) is 3. The van der Waals surface area contributed by atoms with Crippen LogP contribution in [0.15, 0.2) is 43.0 Å². The largest absolute Gasteiger partial charge is 0.354 e. The molecule has 2 rings (SSSR count). The fourth-order valence-corrected chi connectivity index (χ4v) is 1.51. The van der Waals surface area contributed by atoms with E-state index in [1.54, 1.807) is 0 Å². The minimum absolute atomic E-state index is 0.0496. The highest BCUT2D eigenvalue weighted by Crippen LogP contribution is 1.97. The van der Waals surface area contributed by atoms with Gasteiger partial charge in [0.15, 0.2) is 0 Å². The van der Waals surface area contributed by atoms with Gasteiger partial charge in [-0.05, 0) is 12.0 Å². The summed E-state index contributed by atoms with van der Waals surface area (Å²) in [5.41, 5.74) is 1.22. The van der Waals surface area contributed by atoms with Crippen molar-refractivity contribution in [2.75, 3.05) is 6.54 Å². The Kier molecular flexibility index (Phi) is 3.85. The quantitative estimate of drug-likeness (QED) is 0.820. The molecule has 2 aromatic rings. The molecule has 1 N–H and O–H groups in total. The Bertz CT molecular complexity index is 453. The molecule has 1 heterocycles. The van der Waals surface area contributed by atoms with E-state index in [4.69, 9.17) is 0 Å². The smallest absolute Gasteiger partial charge is 0.241 e. The Balaban J connectivity index is 1.70. The predicted molar refractivity (Wildman–Crippen MR) is 63.2 cm³/mol. The minimum Gasteiger partial charge on any atom is -0.354 e. The second kappa shape index (κ2) is 5.79. The number of carbonyl (C=O) groups excluding carboxylic acids is 1. The molecule has 1 amide bonds. The first kappa shape index (κ1) is 11.3. The second-order valence-electron chi connectivity index (χ2n) is 3.68. The van der Waals surface area contributed by atoms with Gasteiger partial charge in [-0.2, -0.15) is 5.10 Å². The van der Waals surface area contributed by atoms with E-state index in [-0.39, 0.29) is 12.5 Å². The van der Waals surface area contributed by atoms with Gasteiger partial charge in [-0.1, -0.05) is 30.3 Å². The number of benzene rings is 1. The van der Waals surface area contributed by atoms with Crippen molar-refractivity contribution in [2.45, 2.75) is 13.0 Å². The van der Waals surface area contributed by atoms with Crippen LogP contribution < -0.4 is 5.32 Å². The normalized spacial score (nSPS) is 10.1. The lowest BCUT2D eigenvalue weighted by atomic mass is 10.1. The van der Waals surface area contributed by atoms with Crippen molar-refractivity contribution in [2.24, 2.45) is 0 Å². The third-order valence-corrected chi connectivity index (χ3v) is 2.35. The summed E-state index contributed by atoms with van der Waals surface area (Å²) in [6.45, 7) is 0.854. The van der Waals surface area contributed by atoms with E-state index >= 15 is 0 Å². The van der Waals surface area contributed by atoms with Crippen molar-refractivity contribution in [1.82, 2.24) is 20.1 Å². The summed E-state index contributed by atoms with van der Waals surface area (Å²) in [7, 11) is 0. The first-order valence-electron chi connectivity index (χ1n) is 5.47. The van der Waals surface area contributed by atoms with Crippen molar-refractivity contribution >= 4 is 5.91 Å². The average molecular weight is 230 g/mol. The summed E-state index contributed by atoms with van der Waals surface area (Å²) < 4.78 is 1.50. The number of rotatable bonds is 5. The molecule has 0 saturated carbocycles. The summed E-state index contributed by atoms with van der Waals surface area (Å²) >= 11 is 0. The number of amides is 1. The molecular formula is C12H14N4O. The molecule has 0 atom stereocenters. The lowest BCUT2D eigenvalue weighted by Gasteiger charge is -2.05. The molecule has 5 nitrogen and oxygen atoms in total. The molecule has 1 aromatic carbocycles. The SMILES string of the molecule is O=C(Cn1cncn1)NCCc1ccccc1. The molecule has 17 heavy (non-hydrogen) atoms. The van der Waals surface area contributed by atoms with Crippen LogP contribution in [-0.4, -0.2) is 27.2 Å². The van der Waals surface area contributed by atoms with Crippen LogP contribution in [0.25, 0.3) is 0 Å². The Morgan fingerprint density at radius 3 is 2.82 bits per heavy atom. The molecule has 0 saturated heterocycles. The molecule has 0 fully saturated rings. The van der Waals surface area contributed by atoms with E-state index in [9.17, 15) is 4.79 Å². The fraction of sp³-hybridized carbons (Fsp3) is 0.250. The highest BCUT2D eigenvalue weighted by Gasteiger charge is 2.02. The van der Waals surface area contributed by atoms with Crippen molar-refractivity contribution in [3.63, 3.8) is 0 Å². The average Bonchev–Trinajstić information content (AvgIpc) is 2.83. The van der Waals surface area contributed by atoms with E-state index in [1.165, 1.54) is 22.9 Å². The summed E-state index contributed by atoms with van der Waals surface area (Å²) in [6.07, 6.45) is 3.78. The van der Waals surface area contributed by atoms with E-state index in [2.05, 4.69) is 15.4 Å². The molecule has 1 aromatic heterocycles. The Morgan fingerprint density at radius 2 is 2.12 bits per heavy atom. The van der Waals surface area contributed by atoms with Gasteiger partial charge in [-0.15, -0.1) is 0 Å². The van der Waals surface area contributed by atoms with Gasteiger partial charge in [0.1, 0.15) is 19.2 Å². The zero-order chi connectivity index (χ0) is 11.9. The Hall–Kier alpha value is -2.17. The van der Waals surface area contributed by atoms with Crippen molar-refractivity contribution in [3.05, 3.63) is 48.5 Å². The highest BCUT2D eigenvalue weighted by atomic mass is 16.2. The molecular weight excluding hydrogens is 216 g/mol. The van der Waals surface area contributed by atoms with Gasteiger partial charge in [0.25, 0.3) is 0 Å². The van der Waals surface area contributed by atoms with E-state index < -0.39 is 0 Å². The topological polar surface area (TPSA) is 59.8 Å². The second-order valence-corrected chi connectivity index (χ2v) is 3.68. The standard InChI is InChI=1S/C12H14N4O/c17-12(8-16-10-13-9-15-16)14-7-6-11-4-2-1-3-5-11/h1-5,9-10H,6-8H2,(H,14,17). The highest BCUT2D eigenvalue weighted by molar-refractivity contribution is 5.75. The van der Waals surface area contributed by atoms with Crippen LogP contribution in [0.2, 0.25) is 0 Å². The maximum absolute atomic E-state index is 11.5. The molecule has 5 heteroatoms. The van der Waals surface area contributed by atoms with Gasteiger partial charge >= 0.3 is 0 Å². The summed E-state index contributed by atoms with van der Waals surface area (Å²) in [4.78, 5) is 15.3. The summed E-state index contributed by atoms with van der Waals surface area (Å²) in [5, 5.41) is 6.71. The number of carbonyl (C=O) groups is 1.